The van der Waals surface area contributed by atoms with Gasteiger partial charge in [0.25, 0.3) is 0 Å². The third-order valence-electron chi connectivity index (χ3n) is 1.92. The molecule has 1 aromatic carbocycles. The highest BCUT2D eigenvalue weighted by Crippen LogP contribution is 2.25. The van der Waals surface area contributed by atoms with E-state index in [0.717, 1.165) is 0 Å². The van der Waals surface area contributed by atoms with Gasteiger partial charge in [-0.3, -0.25) is 5.32 Å². The van der Waals surface area contributed by atoms with Crippen molar-refractivity contribution in [3.63, 3.8) is 0 Å². The van der Waals surface area contributed by atoms with Gasteiger partial charge in [-0.2, -0.15) is 0 Å². The summed E-state index contributed by atoms with van der Waals surface area (Å²) in [5.41, 5.74) is 0. The number of nitrogens with one attached hydrogen (secondary N) is 1. The minimum atomic E-state index is -0.710. The standard InChI is InChI=1S/C11H7Cl2N3O2/c12-8-9(13)14-6-15-10(8)16-11(17)18-7-4-2-1-3-5-7/h1-6H,(H,14,15,16,17). The van der Waals surface area contributed by atoms with Crippen molar-refractivity contribution in [1.82, 2.24) is 9.97 Å². The molecule has 0 aliphatic rings. The summed E-state index contributed by atoms with van der Waals surface area (Å²) >= 11 is 11.5. The van der Waals surface area contributed by atoms with Crippen LogP contribution < -0.4 is 10.1 Å². The second-order valence-corrected chi connectivity index (χ2v) is 3.89. The molecule has 0 aliphatic heterocycles. The molecule has 1 N–H and O–H groups in total. The number of amides is 1. The number of benzene rings is 1. The zero-order valence-corrected chi connectivity index (χ0v) is 10.4. The van der Waals surface area contributed by atoms with E-state index in [0.29, 0.717) is 5.75 Å². The van der Waals surface area contributed by atoms with E-state index < -0.39 is 6.09 Å². The predicted molar refractivity (Wildman–Crippen MR) is 68.1 cm³/mol. The molecule has 0 atom stereocenters. The molecule has 1 aromatic heterocycles. The fourth-order valence-electron chi connectivity index (χ4n) is 1.15. The Balaban J connectivity index is 2.06. The lowest BCUT2D eigenvalue weighted by molar-refractivity contribution is 0.215. The summed E-state index contributed by atoms with van der Waals surface area (Å²) in [4.78, 5) is 19.0. The maximum atomic E-state index is 11.5. The first-order valence-corrected chi connectivity index (χ1v) is 5.62. The van der Waals surface area contributed by atoms with Crippen LogP contribution in [0.25, 0.3) is 0 Å². The summed E-state index contributed by atoms with van der Waals surface area (Å²) in [7, 11) is 0. The van der Waals surface area contributed by atoms with E-state index in [-0.39, 0.29) is 16.0 Å². The largest absolute Gasteiger partial charge is 0.418 e. The Labute approximate surface area is 113 Å². The van der Waals surface area contributed by atoms with Crippen LogP contribution in [0.4, 0.5) is 10.6 Å². The number of nitrogens with zero attached hydrogens (tertiary/aromatic N) is 2. The van der Waals surface area contributed by atoms with Gasteiger partial charge in [-0.1, -0.05) is 41.4 Å². The lowest BCUT2D eigenvalue weighted by atomic mass is 10.3. The highest BCUT2D eigenvalue weighted by Gasteiger charge is 2.11. The fraction of sp³-hybridized carbons (Fsp3) is 0. The Morgan fingerprint density at radius 1 is 1.17 bits per heavy atom. The number of carbonyl (C=O) groups is 1. The van der Waals surface area contributed by atoms with Gasteiger partial charge in [-0.05, 0) is 12.1 Å². The number of hydrogen-bond acceptors (Lipinski definition) is 4. The van der Waals surface area contributed by atoms with Crippen LogP contribution in [0.3, 0.4) is 0 Å². The maximum Gasteiger partial charge on any atom is 0.418 e. The van der Waals surface area contributed by atoms with Gasteiger partial charge in [0.05, 0.1) is 0 Å². The summed E-state index contributed by atoms with van der Waals surface area (Å²) in [6.07, 6.45) is 0.477. The van der Waals surface area contributed by atoms with Crippen molar-refractivity contribution in [2.24, 2.45) is 0 Å². The Kier molecular flexibility index (Phi) is 3.96. The smallest absolute Gasteiger partial charge is 0.410 e. The molecular formula is C11H7Cl2N3O2. The van der Waals surface area contributed by atoms with Gasteiger partial charge in [-0.25, -0.2) is 14.8 Å². The summed E-state index contributed by atoms with van der Waals surface area (Å²) in [5, 5.41) is 2.49. The van der Waals surface area contributed by atoms with Gasteiger partial charge in [0.15, 0.2) is 11.0 Å². The van der Waals surface area contributed by atoms with Crippen LogP contribution in [0.15, 0.2) is 36.7 Å². The van der Waals surface area contributed by atoms with Crippen molar-refractivity contribution in [3.05, 3.63) is 46.8 Å². The molecule has 0 radical (unpaired) electrons. The molecule has 0 aliphatic carbocycles. The van der Waals surface area contributed by atoms with Crippen LogP contribution in [0.5, 0.6) is 5.75 Å². The SMILES string of the molecule is O=C(Nc1ncnc(Cl)c1Cl)Oc1ccccc1. The lowest BCUT2D eigenvalue weighted by Crippen LogP contribution is -2.17. The molecule has 5 nitrogen and oxygen atoms in total. The van der Waals surface area contributed by atoms with Gasteiger partial charge in [0, 0.05) is 0 Å². The summed E-state index contributed by atoms with van der Waals surface area (Å²) < 4.78 is 5.00. The van der Waals surface area contributed by atoms with Gasteiger partial charge >= 0.3 is 6.09 Å². The van der Waals surface area contributed by atoms with E-state index in [1.165, 1.54) is 6.33 Å². The minimum absolute atomic E-state index is 0.0571. The molecule has 0 saturated heterocycles. The number of para-hydroxylation sites is 1. The van der Waals surface area contributed by atoms with Crippen molar-refractivity contribution in [2.45, 2.75) is 0 Å². The summed E-state index contributed by atoms with van der Waals surface area (Å²) in [5.74, 6) is 0.504. The van der Waals surface area contributed by atoms with Gasteiger partial charge in [-0.15, -0.1) is 0 Å². The molecule has 92 valence electrons. The molecule has 0 unspecified atom stereocenters. The number of hydrogen-bond donors (Lipinski definition) is 1. The van der Waals surface area contributed by atoms with E-state index in [1.807, 2.05) is 6.07 Å². The molecule has 1 amide bonds. The predicted octanol–water partition coefficient (Wildman–Crippen LogP) is 3.39. The quantitative estimate of drug-likeness (QED) is 0.858. The Hall–Kier alpha value is -1.85. The second-order valence-electron chi connectivity index (χ2n) is 3.15. The van der Waals surface area contributed by atoms with E-state index >= 15 is 0 Å². The lowest BCUT2D eigenvalue weighted by Gasteiger charge is -2.07. The molecule has 2 rings (SSSR count). The van der Waals surface area contributed by atoms with E-state index in [9.17, 15) is 4.79 Å². The van der Waals surface area contributed by atoms with Crippen LogP contribution in [-0.2, 0) is 0 Å². The average molecular weight is 284 g/mol. The van der Waals surface area contributed by atoms with E-state index in [1.54, 1.807) is 24.3 Å². The fourth-order valence-corrected chi connectivity index (χ4v) is 1.43. The van der Waals surface area contributed by atoms with Crippen molar-refractivity contribution in [3.8, 4) is 5.75 Å². The highest BCUT2D eigenvalue weighted by molar-refractivity contribution is 6.42. The number of ether oxygens (including phenoxy) is 1. The van der Waals surface area contributed by atoms with E-state index in [4.69, 9.17) is 27.9 Å². The van der Waals surface area contributed by atoms with Crippen molar-refractivity contribution in [1.29, 1.82) is 0 Å². The topological polar surface area (TPSA) is 64.1 Å². The molecule has 7 heteroatoms. The molecule has 0 bridgehead atoms. The molecule has 0 spiro atoms. The van der Waals surface area contributed by atoms with Gasteiger partial charge in [0.2, 0.25) is 0 Å². The monoisotopic (exact) mass is 283 g/mol. The van der Waals surface area contributed by atoms with Crippen molar-refractivity contribution < 1.29 is 9.53 Å². The first kappa shape index (κ1) is 12.6. The normalized spacial score (nSPS) is 9.89. The van der Waals surface area contributed by atoms with E-state index in [2.05, 4.69) is 15.3 Å². The average Bonchev–Trinajstić information content (AvgIpc) is 2.36. The van der Waals surface area contributed by atoms with Gasteiger partial charge in [0.1, 0.15) is 17.1 Å². The Morgan fingerprint density at radius 3 is 2.61 bits per heavy atom. The number of halogens is 2. The number of aromatic nitrogens is 2. The molecule has 0 saturated carbocycles. The first-order valence-electron chi connectivity index (χ1n) is 4.86. The van der Waals surface area contributed by atoms with Gasteiger partial charge < -0.3 is 4.74 Å². The molecule has 18 heavy (non-hydrogen) atoms. The number of carbonyl (C=O) groups excluding carboxylic acids is 1. The number of anilines is 1. The van der Waals surface area contributed by atoms with Crippen molar-refractivity contribution in [2.75, 3.05) is 5.32 Å². The highest BCUT2D eigenvalue weighted by atomic mass is 35.5. The molecular weight excluding hydrogens is 277 g/mol. The van der Waals surface area contributed by atoms with Crippen LogP contribution in [0.1, 0.15) is 0 Å². The molecule has 2 aromatic rings. The van der Waals surface area contributed by atoms with Crippen LogP contribution in [-0.4, -0.2) is 16.1 Å². The Morgan fingerprint density at radius 2 is 1.89 bits per heavy atom. The molecule has 0 fully saturated rings. The zero-order chi connectivity index (χ0) is 13.0. The number of rotatable bonds is 2. The Bertz CT molecular complexity index is 563. The van der Waals surface area contributed by atoms with Crippen LogP contribution >= 0.6 is 23.2 Å². The minimum Gasteiger partial charge on any atom is -0.410 e. The molecule has 1 heterocycles. The zero-order valence-electron chi connectivity index (χ0n) is 8.93. The summed E-state index contributed by atoms with van der Waals surface area (Å²) in [6, 6.07) is 8.60. The third kappa shape index (κ3) is 3.09. The second kappa shape index (κ2) is 5.66. The van der Waals surface area contributed by atoms with Crippen LogP contribution in [0, 0.1) is 0 Å². The summed E-state index contributed by atoms with van der Waals surface area (Å²) in [6.45, 7) is 0. The van der Waals surface area contributed by atoms with Crippen LogP contribution in [0.2, 0.25) is 10.2 Å². The maximum absolute atomic E-state index is 11.5. The van der Waals surface area contributed by atoms with Crippen molar-refractivity contribution >= 4 is 35.1 Å². The third-order valence-corrected chi connectivity index (χ3v) is 2.66. The first-order chi connectivity index (χ1) is 8.66.